The van der Waals surface area contributed by atoms with E-state index in [0.717, 1.165) is 51.4 Å². The zero-order valence-corrected chi connectivity index (χ0v) is 22.8. The van der Waals surface area contributed by atoms with Gasteiger partial charge in [-0.3, -0.25) is 9.59 Å². The summed E-state index contributed by atoms with van der Waals surface area (Å²) in [7, 11) is 0. The minimum absolute atomic E-state index is 0.0417. The molecule has 0 fully saturated rings. The van der Waals surface area contributed by atoms with Crippen LogP contribution < -0.4 is 0 Å². The fraction of sp³-hybridized carbons (Fsp3) is 0.923. The van der Waals surface area contributed by atoms with E-state index in [2.05, 4.69) is 13.8 Å². The number of aliphatic hydroxyl groups is 2. The van der Waals surface area contributed by atoms with E-state index in [1.54, 1.807) is 0 Å². The van der Waals surface area contributed by atoms with Gasteiger partial charge in [-0.25, -0.2) is 0 Å². The zero-order valence-electron chi connectivity index (χ0n) is 22.8. The molecule has 0 saturated heterocycles. The van der Waals surface area contributed by atoms with Crippen molar-refractivity contribution < 1.29 is 38.7 Å². The molecule has 0 radical (unpaired) electrons. The lowest BCUT2D eigenvalue weighted by atomic mass is 10.2. The molecule has 2 N–H and O–H groups in total. The van der Waals surface area contributed by atoms with Crippen molar-refractivity contribution in [3.63, 3.8) is 0 Å². The van der Waals surface area contributed by atoms with E-state index >= 15 is 0 Å². The summed E-state index contributed by atoms with van der Waals surface area (Å²) >= 11 is 0. The Kier molecular flexibility index (Phi) is 34.9. The van der Waals surface area contributed by atoms with Gasteiger partial charge in [-0.05, 0) is 39.5 Å². The first-order valence-electron chi connectivity index (χ1n) is 13.1. The van der Waals surface area contributed by atoms with Gasteiger partial charge in [0.25, 0.3) is 0 Å². The molecule has 0 aromatic heterocycles. The third kappa shape index (κ3) is 35.4. The highest BCUT2D eigenvalue weighted by molar-refractivity contribution is 5.69. The molecule has 0 amide bonds. The number of carbonyl (C=O) groups excluding carboxylic acids is 2. The van der Waals surface area contributed by atoms with Crippen LogP contribution in [0.1, 0.15) is 106 Å². The van der Waals surface area contributed by atoms with Gasteiger partial charge in [-0.1, -0.05) is 53.4 Å². The van der Waals surface area contributed by atoms with Crippen LogP contribution in [0.2, 0.25) is 0 Å². The molecule has 0 aromatic rings. The Morgan fingerprint density at radius 3 is 1.24 bits per heavy atom. The Morgan fingerprint density at radius 2 is 0.971 bits per heavy atom. The van der Waals surface area contributed by atoms with E-state index < -0.39 is 0 Å². The van der Waals surface area contributed by atoms with Crippen molar-refractivity contribution >= 4 is 11.9 Å². The molecule has 0 saturated carbocycles. The first-order valence-corrected chi connectivity index (χ1v) is 13.1. The second-order valence-electron chi connectivity index (χ2n) is 8.06. The van der Waals surface area contributed by atoms with Crippen LogP contribution in [0.25, 0.3) is 0 Å². The summed E-state index contributed by atoms with van der Waals surface area (Å²) in [5, 5.41) is 16.5. The average molecular weight is 495 g/mol. The summed E-state index contributed by atoms with van der Waals surface area (Å²) in [6.45, 7) is 13.9. The highest BCUT2D eigenvalue weighted by atomic mass is 16.5. The van der Waals surface area contributed by atoms with Crippen molar-refractivity contribution in [3.05, 3.63) is 0 Å². The van der Waals surface area contributed by atoms with Gasteiger partial charge < -0.3 is 29.2 Å². The van der Waals surface area contributed by atoms with Gasteiger partial charge in [-0.2, -0.15) is 0 Å². The Hall–Kier alpha value is -1.22. The van der Waals surface area contributed by atoms with Crippen molar-refractivity contribution in [2.75, 3.05) is 39.6 Å². The van der Waals surface area contributed by atoms with E-state index in [9.17, 15) is 9.59 Å². The largest absolute Gasteiger partial charge is 0.463 e. The molecule has 0 aromatic carbocycles. The molecule has 8 nitrogen and oxygen atoms in total. The summed E-state index contributed by atoms with van der Waals surface area (Å²) in [4.78, 5) is 22.0. The number of ether oxygens (including phenoxy) is 4. The van der Waals surface area contributed by atoms with E-state index in [1.807, 2.05) is 27.7 Å². The van der Waals surface area contributed by atoms with Crippen LogP contribution in [-0.2, 0) is 28.5 Å². The third-order valence-corrected chi connectivity index (χ3v) is 4.35. The zero-order chi connectivity index (χ0) is 26.5. The Bertz CT molecular complexity index is 380. The van der Waals surface area contributed by atoms with Crippen LogP contribution in [0.15, 0.2) is 0 Å². The molecule has 8 heteroatoms. The Balaban J connectivity index is -0.000000426. The van der Waals surface area contributed by atoms with Gasteiger partial charge in [0.1, 0.15) is 0 Å². The Labute approximate surface area is 208 Å². The monoisotopic (exact) mass is 494 g/mol. The highest BCUT2D eigenvalue weighted by Gasteiger charge is 2.07. The SMILES string of the molecule is CCCCC(C)OC(=O)CCC.CCCCC(C)OC(=O)CCC.OCCOCCOCCO. The Morgan fingerprint density at radius 1 is 0.618 bits per heavy atom. The molecule has 0 aliphatic carbocycles. The maximum atomic E-state index is 11.0. The number of hydrogen-bond acceptors (Lipinski definition) is 8. The summed E-state index contributed by atoms with van der Waals surface area (Å²) < 4.78 is 20.1. The lowest BCUT2D eigenvalue weighted by molar-refractivity contribution is -0.149. The molecular weight excluding hydrogens is 440 g/mol. The first kappa shape index (κ1) is 37.3. The smallest absolute Gasteiger partial charge is 0.306 e. The van der Waals surface area contributed by atoms with Crippen molar-refractivity contribution in [1.82, 2.24) is 0 Å². The second kappa shape index (κ2) is 31.8. The quantitative estimate of drug-likeness (QED) is 0.194. The van der Waals surface area contributed by atoms with Crippen LogP contribution in [0.5, 0.6) is 0 Å². The predicted octanol–water partition coefficient (Wildman–Crippen LogP) is 4.82. The molecule has 0 aliphatic rings. The minimum atomic E-state index is -0.0545. The van der Waals surface area contributed by atoms with Crippen LogP contribution in [0, 0.1) is 0 Å². The molecule has 2 atom stereocenters. The summed E-state index contributed by atoms with van der Waals surface area (Å²) in [6.07, 6.45) is 9.64. The number of hydrogen-bond donors (Lipinski definition) is 2. The highest BCUT2D eigenvalue weighted by Crippen LogP contribution is 2.06. The number of esters is 2. The fourth-order valence-corrected chi connectivity index (χ4v) is 2.53. The van der Waals surface area contributed by atoms with Crippen LogP contribution >= 0.6 is 0 Å². The summed E-state index contributed by atoms with van der Waals surface area (Å²) in [5.74, 6) is -0.109. The number of unbranched alkanes of at least 4 members (excludes halogenated alkanes) is 2. The van der Waals surface area contributed by atoms with Crippen molar-refractivity contribution in [1.29, 1.82) is 0 Å². The van der Waals surface area contributed by atoms with Crippen LogP contribution in [0.4, 0.5) is 0 Å². The fourth-order valence-electron chi connectivity index (χ4n) is 2.53. The molecule has 0 bridgehead atoms. The van der Waals surface area contributed by atoms with Crippen molar-refractivity contribution in [2.45, 2.75) is 118 Å². The van der Waals surface area contributed by atoms with Gasteiger partial charge in [0, 0.05) is 12.8 Å². The normalized spacial score (nSPS) is 11.9. The van der Waals surface area contributed by atoms with E-state index in [-0.39, 0.29) is 37.4 Å². The molecule has 0 aliphatic heterocycles. The third-order valence-electron chi connectivity index (χ3n) is 4.35. The lowest BCUT2D eigenvalue weighted by Gasteiger charge is -2.11. The summed E-state index contributed by atoms with van der Waals surface area (Å²) in [5.41, 5.74) is 0. The average Bonchev–Trinajstić information content (AvgIpc) is 2.79. The maximum absolute atomic E-state index is 11.0. The van der Waals surface area contributed by atoms with E-state index in [0.29, 0.717) is 39.3 Å². The molecule has 34 heavy (non-hydrogen) atoms. The second-order valence-corrected chi connectivity index (χ2v) is 8.06. The van der Waals surface area contributed by atoms with Crippen molar-refractivity contribution in [3.8, 4) is 0 Å². The number of carbonyl (C=O) groups is 2. The molecule has 0 heterocycles. The number of aliphatic hydroxyl groups excluding tert-OH is 2. The number of rotatable bonds is 19. The molecule has 0 rings (SSSR count). The van der Waals surface area contributed by atoms with Crippen molar-refractivity contribution in [2.24, 2.45) is 0 Å². The molecule has 0 spiro atoms. The van der Waals surface area contributed by atoms with Gasteiger partial charge in [0.15, 0.2) is 0 Å². The maximum Gasteiger partial charge on any atom is 0.306 e. The molecular formula is C26H54O8. The first-order chi connectivity index (χ1) is 16.3. The molecule has 206 valence electrons. The standard InChI is InChI=1S/2C10H20O2.C6H14O4/c2*1-4-6-8-9(3)12-10(11)7-5-2;7-1-3-9-5-6-10-4-2-8/h2*9H,4-8H2,1-3H3;7-8H,1-6H2. The topological polar surface area (TPSA) is 112 Å². The van der Waals surface area contributed by atoms with Gasteiger partial charge in [-0.15, -0.1) is 0 Å². The van der Waals surface area contributed by atoms with Crippen LogP contribution in [-0.4, -0.2) is 74.0 Å². The van der Waals surface area contributed by atoms with Gasteiger partial charge in [0.2, 0.25) is 0 Å². The molecule has 2 unspecified atom stereocenters. The van der Waals surface area contributed by atoms with Gasteiger partial charge >= 0.3 is 11.9 Å². The summed E-state index contributed by atoms with van der Waals surface area (Å²) in [6, 6.07) is 0. The van der Waals surface area contributed by atoms with Crippen LogP contribution in [0.3, 0.4) is 0 Å². The lowest BCUT2D eigenvalue weighted by Crippen LogP contribution is -2.14. The van der Waals surface area contributed by atoms with Gasteiger partial charge in [0.05, 0.1) is 51.8 Å². The predicted molar refractivity (Wildman–Crippen MR) is 136 cm³/mol. The van der Waals surface area contributed by atoms with E-state index in [4.69, 9.17) is 29.2 Å². The minimum Gasteiger partial charge on any atom is -0.463 e. The van der Waals surface area contributed by atoms with E-state index in [1.165, 1.54) is 0 Å².